The van der Waals surface area contributed by atoms with E-state index in [2.05, 4.69) is 16.9 Å². The van der Waals surface area contributed by atoms with E-state index in [0.29, 0.717) is 6.42 Å². The Labute approximate surface area is 180 Å². The lowest BCUT2D eigenvalue weighted by atomic mass is 10.1. The molecule has 0 saturated heterocycles. The first-order chi connectivity index (χ1) is 15.0. The predicted octanol–water partition coefficient (Wildman–Crippen LogP) is 1.60. The molecule has 1 aromatic carbocycles. The minimum Gasteiger partial charge on any atom is -0.463 e. The third-order valence-corrected chi connectivity index (χ3v) is 4.33. The Morgan fingerprint density at radius 1 is 1.10 bits per heavy atom. The molecular weight excluding hydrogens is 404 g/mol. The number of aromatic nitrogens is 1. The summed E-state index contributed by atoms with van der Waals surface area (Å²) in [6.45, 7) is 3.81. The molecule has 3 N–H and O–H groups in total. The molecule has 31 heavy (non-hydrogen) atoms. The average molecular weight is 432 g/mol. The van der Waals surface area contributed by atoms with E-state index in [-0.39, 0.29) is 51.6 Å². The number of nitrogens with one attached hydrogen (secondary N) is 2. The van der Waals surface area contributed by atoms with Gasteiger partial charge in [-0.05, 0) is 18.1 Å². The second kappa shape index (κ2) is 13.2. The molecule has 9 nitrogen and oxygen atoms in total. The summed E-state index contributed by atoms with van der Waals surface area (Å²) in [7, 11) is 0. The Bertz CT molecular complexity index is 878. The average Bonchev–Trinajstić information content (AvgIpc) is 3.15. The monoisotopic (exact) mass is 432 g/mol. The topological polar surface area (TPSA) is 127 Å². The lowest BCUT2D eigenvalue weighted by Gasteiger charge is -2.12. The van der Waals surface area contributed by atoms with Gasteiger partial charge in [-0.25, -0.2) is 4.79 Å². The van der Waals surface area contributed by atoms with Crippen LogP contribution in [0.1, 0.15) is 24.8 Å². The number of esters is 2. The van der Waals surface area contributed by atoms with Crippen LogP contribution in [0, 0.1) is 0 Å². The molecule has 168 valence electrons. The van der Waals surface area contributed by atoms with Crippen LogP contribution in [0.3, 0.4) is 0 Å². The van der Waals surface area contributed by atoms with Crippen molar-refractivity contribution < 1.29 is 33.7 Å². The van der Waals surface area contributed by atoms with Crippen molar-refractivity contribution in [2.24, 2.45) is 0 Å². The van der Waals surface area contributed by atoms with Crippen LogP contribution in [0.4, 0.5) is 0 Å². The number of amides is 1. The molecule has 9 heteroatoms. The van der Waals surface area contributed by atoms with Gasteiger partial charge in [0, 0.05) is 42.4 Å². The Kier molecular flexibility index (Phi) is 10.3. The van der Waals surface area contributed by atoms with Crippen molar-refractivity contribution in [1.29, 1.82) is 0 Å². The predicted molar refractivity (Wildman–Crippen MR) is 113 cm³/mol. The molecule has 0 spiro atoms. The number of fused-ring (bicyclic) bond motifs is 1. The molecule has 1 unspecified atom stereocenters. The first-order valence-corrected chi connectivity index (χ1v) is 10.0. The smallest absolute Gasteiger partial charge is 0.330 e. The van der Waals surface area contributed by atoms with Crippen molar-refractivity contribution in [3.05, 3.63) is 48.7 Å². The van der Waals surface area contributed by atoms with E-state index >= 15 is 0 Å². The molecule has 1 atom stereocenters. The molecule has 1 heterocycles. The summed E-state index contributed by atoms with van der Waals surface area (Å²) < 4.78 is 14.9. The Balaban J connectivity index is 1.52. The van der Waals surface area contributed by atoms with Crippen molar-refractivity contribution in [2.45, 2.75) is 31.9 Å². The van der Waals surface area contributed by atoms with Gasteiger partial charge in [0.05, 0.1) is 13.2 Å². The number of carbonyl (C=O) groups is 3. The summed E-state index contributed by atoms with van der Waals surface area (Å²) in [4.78, 5) is 37.6. The van der Waals surface area contributed by atoms with Gasteiger partial charge in [0.1, 0.15) is 19.4 Å². The fraction of sp³-hybridized carbons (Fsp3) is 0.409. The molecule has 0 saturated carbocycles. The zero-order valence-corrected chi connectivity index (χ0v) is 17.3. The highest BCUT2D eigenvalue weighted by atomic mass is 16.6. The van der Waals surface area contributed by atoms with E-state index in [4.69, 9.17) is 14.2 Å². The number of aliphatic hydroxyl groups is 1. The quantitative estimate of drug-likeness (QED) is 0.179. The zero-order valence-electron chi connectivity index (χ0n) is 17.3. The van der Waals surface area contributed by atoms with Crippen LogP contribution in [-0.4, -0.2) is 60.6 Å². The first kappa shape index (κ1) is 24.1. The number of carbonyl (C=O) groups excluding carboxylic acids is 3. The molecule has 0 aliphatic rings. The largest absolute Gasteiger partial charge is 0.463 e. The molecule has 0 bridgehead atoms. The van der Waals surface area contributed by atoms with Gasteiger partial charge in [-0.1, -0.05) is 24.8 Å². The lowest BCUT2D eigenvalue weighted by molar-refractivity contribution is -0.145. The molecule has 0 aliphatic heterocycles. The minimum atomic E-state index is -1.01. The first-order valence-electron chi connectivity index (χ1n) is 10.0. The van der Waals surface area contributed by atoms with Crippen molar-refractivity contribution >= 4 is 28.7 Å². The minimum absolute atomic E-state index is 0.0732. The van der Waals surface area contributed by atoms with E-state index in [0.717, 1.165) is 22.5 Å². The van der Waals surface area contributed by atoms with Gasteiger partial charge in [-0.3, -0.25) is 9.59 Å². The van der Waals surface area contributed by atoms with E-state index in [1.165, 1.54) is 0 Å². The van der Waals surface area contributed by atoms with Crippen molar-refractivity contribution in [2.75, 3.05) is 26.4 Å². The Morgan fingerprint density at radius 3 is 2.61 bits per heavy atom. The van der Waals surface area contributed by atoms with Gasteiger partial charge in [-0.15, -0.1) is 0 Å². The number of hydrogen-bond acceptors (Lipinski definition) is 7. The van der Waals surface area contributed by atoms with Crippen LogP contribution in [0.2, 0.25) is 0 Å². The number of aromatic amines is 1. The zero-order chi connectivity index (χ0) is 22.5. The van der Waals surface area contributed by atoms with Gasteiger partial charge in [0.2, 0.25) is 5.91 Å². The molecular formula is C22H28N2O7. The van der Waals surface area contributed by atoms with Crippen molar-refractivity contribution in [3.8, 4) is 0 Å². The van der Waals surface area contributed by atoms with Crippen LogP contribution in [-0.2, 0) is 35.0 Å². The molecule has 1 amide bonds. The number of rotatable bonds is 14. The molecule has 0 fully saturated rings. The fourth-order valence-corrected chi connectivity index (χ4v) is 2.86. The van der Waals surface area contributed by atoms with Crippen LogP contribution in [0.5, 0.6) is 0 Å². The van der Waals surface area contributed by atoms with Crippen molar-refractivity contribution in [3.63, 3.8) is 0 Å². The molecule has 0 aliphatic carbocycles. The summed E-state index contributed by atoms with van der Waals surface area (Å²) in [6.07, 6.45) is 2.64. The molecule has 2 rings (SSSR count). The van der Waals surface area contributed by atoms with Gasteiger partial charge in [0.25, 0.3) is 0 Å². The number of para-hydroxylation sites is 1. The molecule has 0 radical (unpaired) electrons. The van der Waals surface area contributed by atoms with Crippen LogP contribution >= 0.6 is 0 Å². The summed E-state index contributed by atoms with van der Waals surface area (Å²) in [5.41, 5.74) is 1.88. The standard InChI is InChI=1S/C22H28N2O7/c1-2-21(27)30-12-10-29-11-13-31-22(28)9-5-8-19(25)24-20(26)14-16-15-23-18-7-4-3-6-17(16)18/h2-4,6-7,15,20,23,26H,1,5,8-14H2,(H,24,25). The van der Waals surface area contributed by atoms with Gasteiger partial charge in [-0.2, -0.15) is 0 Å². The summed E-state index contributed by atoms with van der Waals surface area (Å²) in [5, 5.41) is 13.7. The maximum atomic E-state index is 12.0. The van der Waals surface area contributed by atoms with E-state index in [1.54, 1.807) is 0 Å². The van der Waals surface area contributed by atoms with E-state index in [9.17, 15) is 19.5 Å². The second-order valence-electron chi connectivity index (χ2n) is 6.70. The summed E-state index contributed by atoms with van der Waals surface area (Å²) in [5.74, 6) is -1.30. The highest BCUT2D eigenvalue weighted by molar-refractivity contribution is 5.83. The van der Waals surface area contributed by atoms with E-state index < -0.39 is 18.2 Å². The number of H-pyrrole nitrogens is 1. The number of ether oxygens (including phenoxy) is 3. The highest BCUT2D eigenvalue weighted by Gasteiger charge is 2.13. The molecule has 2 aromatic rings. The van der Waals surface area contributed by atoms with Gasteiger partial charge < -0.3 is 29.6 Å². The Morgan fingerprint density at radius 2 is 1.84 bits per heavy atom. The maximum Gasteiger partial charge on any atom is 0.330 e. The van der Waals surface area contributed by atoms with Gasteiger partial charge >= 0.3 is 11.9 Å². The third-order valence-electron chi connectivity index (χ3n) is 4.33. The fourth-order valence-electron chi connectivity index (χ4n) is 2.86. The number of benzene rings is 1. The SMILES string of the molecule is C=CC(=O)OCCOCCOC(=O)CCCC(=O)NC(O)Cc1c[nH]c2ccccc12. The van der Waals surface area contributed by atoms with E-state index in [1.807, 2.05) is 30.5 Å². The number of hydrogen-bond donors (Lipinski definition) is 3. The van der Waals surface area contributed by atoms with Crippen molar-refractivity contribution in [1.82, 2.24) is 10.3 Å². The summed E-state index contributed by atoms with van der Waals surface area (Å²) >= 11 is 0. The number of aliphatic hydroxyl groups excluding tert-OH is 1. The van der Waals surface area contributed by atoms with Crippen LogP contribution in [0.15, 0.2) is 43.1 Å². The summed E-state index contributed by atoms with van der Waals surface area (Å²) in [6, 6.07) is 7.72. The Hall–Kier alpha value is -3.17. The lowest BCUT2D eigenvalue weighted by Crippen LogP contribution is -2.36. The highest BCUT2D eigenvalue weighted by Crippen LogP contribution is 2.18. The van der Waals surface area contributed by atoms with Crippen LogP contribution in [0.25, 0.3) is 10.9 Å². The maximum absolute atomic E-state index is 12.0. The second-order valence-corrected chi connectivity index (χ2v) is 6.70. The molecule has 1 aromatic heterocycles. The normalized spacial score (nSPS) is 11.6. The van der Waals surface area contributed by atoms with Gasteiger partial charge in [0.15, 0.2) is 0 Å². The van der Waals surface area contributed by atoms with Crippen LogP contribution < -0.4 is 5.32 Å². The third kappa shape index (κ3) is 9.02.